The van der Waals surface area contributed by atoms with Crippen LogP contribution in [0.3, 0.4) is 0 Å². The smallest absolute Gasteiger partial charge is 0.294 e. The van der Waals surface area contributed by atoms with E-state index in [2.05, 4.69) is 41.0 Å². The van der Waals surface area contributed by atoms with Crippen molar-refractivity contribution in [2.24, 2.45) is 0 Å². The maximum absolute atomic E-state index is 13.0. The molecule has 2 saturated heterocycles. The van der Waals surface area contributed by atoms with Gasteiger partial charge in [0.25, 0.3) is 11.1 Å². The van der Waals surface area contributed by atoms with E-state index in [-0.39, 0.29) is 11.1 Å². The summed E-state index contributed by atoms with van der Waals surface area (Å²) in [6, 6.07) is 26.0. The number of anilines is 1. The second kappa shape index (κ2) is 11.0. The molecule has 0 bridgehead atoms. The summed E-state index contributed by atoms with van der Waals surface area (Å²) >= 11 is 1.01. The largest absolute Gasteiger partial charge is 0.489 e. The number of nitrogens with zero attached hydrogens (tertiary/aromatic N) is 3. The molecule has 2 heterocycles. The van der Waals surface area contributed by atoms with Crippen LogP contribution in [0.25, 0.3) is 6.08 Å². The molecule has 0 atom stereocenters. The van der Waals surface area contributed by atoms with Gasteiger partial charge in [-0.05, 0) is 59.7 Å². The number of aryl methyl sites for hydroxylation is 1. The fourth-order valence-electron chi connectivity index (χ4n) is 4.42. The van der Waals surface area contributed by atoms with Crippen LogP contribution in [0.5, 0.6) is 5.75 Å². The molecule has 2 aliphatic rings. The number of piperazine rings is 1. The summed E-state index contributed by atoms with van der Waals surface area (Å²) in [7, 11) is 0. The summed E-state index contributed by atoms with van der Waals surface area (Å²) in [6.07, 6.45) is 1.78. The summed E-state index contributed by atoms with van der Waals surface area (Å²) in [4.78, 5) is 32.0. The fourth-order valence-corrected chi connectivity index (χ4v) is 5.25. The van der Waals surface area contributed by atoms with Gasteiger partial charge in [-0.2, -0.15) is 0 Å². The molecule has 0 unspecified atom stereocenters. The molecule has 36 heavy (non-hydrogen) atoms. The van der Waals surface area contributed by atoms with Crippen molar-refractivity contribution in [1.82, 2.24) is 9.80 Å². The van der Waals surface area contributed by atoms with E-state index >= 15 is 0 Å². The third-order valence-electron chi connectivity index (χ3n) is 6.47. The molecule has 7 heteroatoms. The molecule has 0 aromatic heterocycles. The molecule has 0 radical (unpaired) electrons. The Hall–Kier alpha value is -3.55. The standard InChI is InChI=1S/C29H29N3O3S/c1-22-7-5-6-10-26(22)31-17-15-30(16-18-31)21-32-28(33)27(36-29(32)34)19-23-11-13-25(14-12-23)35-20-24-8-3-2-4-9-24/h2-14,19H,15-18,20-21H2,1H3/b27-19-. The molecular weight excluding hydrogens is 470 g/mol. The van der Waals surface area contributed by atoms with Crippen LogP contribution in [0.4, 0.5) is 10.5 Å². The number of carbonyl (C=O) groups excluding carboxylic acids is 2. The van der Waals surface area contributed by atoms with Gasteiger partial charge in [0.1, 0.15) is 12.4 Å². The molecule has 0 N–H and O–H groups in total. The van der Waals surface area contributed by atoms with Crippen molar-refractivity contribution in [3.05, 3.63) is 100 Å². The average molecular weight is 500 g/mol. The number of hydrogen-bond donors (Lipinski definition) is 0. The zero-order chi connectivity index (χ0) is 24.9. The Balaban J connectivity index is 1.15. The van der Waals surface area contributed by atoms with E-state index in [1.165, 1.54) is 16.2 Å². The molecule has 6 nitrogen and oxygen atoms in total. The number of carbonyl (C=O) groups is 2. The van der Waals surface area contributed by atoms with Gasteiger partial charge in [-0.3, -0.25) is 19.4 Å². The number of rotatable bonds is 7. The minimum atomic E-state index is -0.226. The lowest BCUT2D eigenvalue weighted by Gasteiger charge is -2.37. The van der Waals surface area contributed by atoms with Crippen LogP contribution >= 0.6 is 11.8 Å². The highest BCUT2D eigenvalue weighted by Crippen LogP contribution is 2.33. The first kappa shape index (κ1) is 24.2. The van der Waals surface area contributed by atoms with Crippen LogP contribution in [0.15, 0.2) is 83.8 Å². The minimum absolute atomic E-state index is 0.213. The summed E-state index contributed by atoms with van der Waals surface area (Å²) in [5.41, 5.74) is 4.48. The van der Waals surface area contributed by atoms with Crippen molar-refractivity contribution in [3.8, 4) is 5.75 Å². The SMILES string of the molecule is Cc1ccccc1N1CCN(CN2C(=O)S/C(=C\c3ccc(OCc4ccccc4)cc3)C2=O)CC1. The van der Waals surface area contributed by atoms with Gasteiger partial charge >= 0.3 is 0 Å². The van der Waals surface area contributed by atoms with Gasteiger partial charge in [0.05, 0.1) is 11.6 Å². The van der Waals surface area contributed by atoms with Gasteiger partial charge in [-0.1, -0.05) is 60.7 Å². The molecule has 3 aromatic rings. The lowest BCUT2D eigenvalue weighted by Crippen LogP contribution is -2.51. The van der Waals surface area contributed by atoms with Gasteiger partial charge in [0.2, 0.25) is 0 Å². The summed E-state index contributed by atoms with van der Waals surface area (Å²) in [6.45, 7) is 6.30. The van der Waals surface area contributed by atoms with E-state index in [9.17, 15) is 9.59 Å². The van der Waals surface area contributed by atoms with E-state index < -0.39 is 0 Å². The second-order valence-electron chi connectivity index (χ2n) is 8.99. The summed E-state index contributed by atoms with van der Waals surface area (Å²) < 4.78 is 5.83. The zero-order valence-electron chi connectivity index (χ0n) is 20.3. The molecule has 5 rings (SSSR count). The molecule has 0 spiro atoms. The monoisotopic (exact) mass is 499 g/mol. The Morgan fingerprint density at radius 3 is 2.28 bits per heavy atom. The normalized spacial score (nSPS) is 17.8. The van der Waals surface area contributed by atoms with Crippen LogP contribution in [-0.4, -0.2) is 53.8 Å². The topological polar surface area (TPSA) is 53.1 Å². The Kier molecular flexibility index (Phi) is 7.39. The van der Waals surface area contributed by atoms with E-state index in [0.717, 1.165) is 54.8 Å². The third kappa shape index (κ3) is 5.64. The van der Waals surface area contributed by atoms with E-state index in [4.69, 9.17) is 4.74 Å². The number of thioether (sulfide) groups is 1. The highest BCUT2D eigenvalue weighted by Gasteiger charge is 2.36. The fraction of sp³-hybridized carbons (Fsp3) is 0.241. The Bertz CT molecular complexity index is 1250. The molecular formula is C29H29N3O3S. The molecule has 2 aliphatic heterocycles. The molecule has 3 aromatic carbocycles. The molecule has 0 saturated carbocycles. The molecule has 2 amide bonds. The Labute approximate surface area is 216 Å². The highest BCUT2D eigenvalue weighted by molar-refractivity contribution is 8.18. The predicted octanol–water partition coefficient (Wildman–Crippen LogP) is 5.39. The first-order valence-corrected chi connectivity index (χ1v) is 12.9. The number of hydrogen-bond acceptors (Lipinski definition) is 6. The minimum Gasteiger partial charge on any atom is -0.489 e. The maximum Gasteiger partial charge on any atom is 0.294 e. The van der Waals surface area contributed by atoms with Crippen LogP contribution in [0.1, 0.15) is 16.7 Å². The van der Waals surface area contributed by atoms with Gasteiger partial charge in [0.15, 0.2) is 0 Å². The van der Waals surface area contributed by atoms with Gasteiger partial charge < -0.3 is 9.64 Å². The van der Waals surface area contributed by atoms with Crippen molar-refractivity contribution < 1.29 is 14.3 Å². The van der Waals surface area contributed by atoms with E-state index in [0.29, 0.717) is 18.2 Å². The van der Waals surface area contributed by atoms with Gasteiger partial charge in [0, 0.05) is 31.9 Å². The van der Waals surface area contributed by atoms with Crippen LogP contribution in [0.2, 0.25) is 0 Å². The zero-order valence-corrected chi connectivity index (χ0v) is 21.1. The van der Waals surface area contributed by atoms with Crippen molar-refractivity contribution in [3.63, 3.8) is 0 Å². The molecule has 0 aliphatic carbocycles. The highest BCUT2D eigenvalue weighted by atomic mass is 32.2. The average Bonchev–Trinajstić information content (AvgIpc) is 3.17. The predicted molar refractivity (Wildman–Crippen MR) is 145 cm³/mol. The lowest BCUT2D eigenvalue weighted by molar-refractivity contribution is -0.124. The van der Waals surface area contributed by atoms with Gasteiger partial charge in [-0.15, -0.1) is 0 Å². The number of amides is 2. The number of para-hydroxylation sites is 1. The van der Waals surface area contributed by atoms with E-state index in [1.807, 2.05) is 54.6 Å². The van der Waals surface area contributed by atoms with E-state index in [1.54, 1.807) is 6.08 Å². The summed E-state index contributed by atoms with van der Waals surface area (Å²) in [5, 5.41) is -0.213. The first-order chi connectivity index (χ1) is 17.6. The third-order valence-corrected chi connectivity index (χ3v) is 7.38. The van der Waals surface area contributed by atoms with Crippen molar-refractivity contribution >= 4 is 34.7 Å². The maximum atomic E-state index is 13.0. The van der Waals surface area contributed by atoms with Crippen LogP contribution < -0.4 is 9.64 Å². The van der Waals surface area contributed by atoms with Crippen molar-refractivity contribution in [1.29, 1.82) is 0 Å². The number of benzene rings is 3. The number of imide groups is 1. The van der Waals surface area contributed by atoms with Crippen LogP contribution in [0, 0.1) is 6.92 Å². The molecule has 2 fully saturated rings. The summed E-state index contributed by atoms with van der Waals surface area (Å²) in [5.74, 6) is 0.532. The molecule has 184 valence electrons. The van der Waals surface area contributed by atoms with Crippen LogP contribution in [-0.2, 0) is 11.4 Å². The first-order valence-electron chi connectivity index (χ1n) is 12.1. The van der Waals surface area contributed by atoms with Gasteiger partial charge in [-0.25, -0.2) is 0 Å². The quantitative estimate of drug-likeness (QED) is 0.406. The number of ether oxygens (including phenoxy) is 1. The van der Waals surface area contributed by atoms with Crippen molar-refractivity contribution in [2.45, 2.75) is 13.5 Å². The Morgan fingerprint density at radius 1 is 0.861 bits per heavy atom. The van der Waals surface area contributed by atoms with Crippen molar-refractivity contribution in [2.75, 3.05) is 37.7 Å². The second-order valence-corrected chi connectivity index (χ2v) is 9.98. The Morgan fingerprint density at radius 2 is 1.56 bits per heavy atom. The lowest BCUT2D eigenvalue weighted by atomic mass is 10.1.